The van der Waals surface area contributed by atoms with Crippen molar-refractivity contribution >= 4 is 23.3 Å². The van der Waals surface area contributed by atoms with Gasteiger partial charge in [-0.3, -0.25) is 4.99 Å². The van der Waals surface area contributed by atoms with E-state index >= 15 is 0 Å². The molecule has 0 atom stereocenters. The Morgan fingerprint density at radius 1 is 1.00 bits per heavy atom. The molecule has 0 N–H and O–H groups in total. The van der Waals surface area contributed by atoms with Crippen molar-refractivity contribution in [2.75, 3.05) is 0 Å². The van der Waals surface area contributed by atoms with Crippen LogP contribution in [0.3, 0.4) is 0 Å². The fraction of sp³-hybridized carbons (Fsp3) is 0.0556. The Labute approximate surface area is 119 Å². The third-order valence-corrected chi connectivity index (χ3v) is 3.18. The van der Waals surface area contributed by atoms with E-state index in [4.69, 9.17) is 4.42 Å². The van der Waals surface area contributed by atoms with Gasteiger partial charge in [-0.05, 0) is 24.6 Å². The number of benzene rings is 2. The normalized spacial score (nSPS) is 11.8. The predicted octanol–water partition coefficient (Wildman–Crippen LogP) is 5.08. The summed E-state index contributed by atoms with van der Waals surface area (Å²) in [6.45, 7) is 1.96. The molecule has 0 amide bonds. The average Bonchev–Trinajstić information content (AvgIpc) is 2.80. The highest BCUT2D eigenvalue weighted by Crippen LogP contribution is 2.23. The van der Waals surface area contributed by atoms with E-state index < -0.39 is 0 Å². The second kappa shape index (κ2) is 5.57. The third-order valence-electron chi connectivity index (χ3n) is 3.18. The molecule has 20 heavy (non-hydrogen) atoms. The standard InChI is InChI=1S/C18H15NO.H2/c1-14-17(16-9-5-6-10-18(16)20-14)13-19-12-11-15-7-3-2-4-8-15;/h2-13H,1H3;1H. The van der Waals surface area contributed by atoms with Crippen LogP contribution in [-0.4, -0.2) is 6.21 Å². The lowest BCUT2D eigenvalue weighted by Crippen LogP contribution is -1.80. The molecule has 0 unspecified atom stereocenters. The molecule has 0 saturated heterocycles. The lowest BCUT2D eigenvalue weighted by molar-refractivity contribution is 0.578. The fourth-order valence-corrected chi connectivity index (χ4v) is 2.16. The molecule has 0 radical (unpaired) electrons. The van der Waals surface area contributed by atoms with Gasteiger partial charge in [0.25, 0.3) is 0 Å². The van der Waals surface area contributed by atoms with Crippen molar-refractivity contribution in [3.05, 3.63) is 77.7 Å². The first-order valence-corrected chi connectivity index (χ1v) is 6.57. The minimum absolute atomic E-state index is 0. The quantitative estimate of drug-likeness (QED) is 0.605. The molecule has 3 rings (SSSR count). The molecular formula is C18H17NO. The molecule has 3 aromatic rings. The van der Waals surface area contributed by atoms with E-state index in [1.807, 2.05) is 73.8 Å². The van der Waals surface area contributed by atoms with Crippen LogP contribution in [0.1, 0.15) is 18.3 Å². The first-order chi connectivity index (χ1) is 9.84. The van der Waals surface area contributed by atoms with Crippen molar-refractivity contribution in [2.24, 2.45) is 4.99 Å². The van der Waals surface area contributed by atoms with Crippen LogP contribution in [0.2, 0.25) is 0 Å². The molecule has 0 spiro atoms. The highest BCUT2D eigenvalue weighted by molar-refractivity contribution is 5.99. The van der Waals surface area contributed by atoms with Gasteiger partial charge >= 0.3 is 0 Å². The number of para-hydroxylation sites is 1. The van der Waals surface area contributed by atoms with Crippen LogP contribution >= 0.6 is 0 Å². The zero-order chi connectivity index (χ0) is 13.8. The molecule has 2 heteroatoms. The maximum absolute atomic E-state index is 5.70. The number of aliphatic imine (C=N–C) groups is 1. The molecule has 0 saturated carbocycles. The maximum Gasteiger partial charge on any atom is 0.134 e. The second-order valence-electron chi connectivity index (χ2n) is 4.57. The third kappa shape index (κ3) is 2.54. The molecular weight excluding hydrogens is 246 g/mol. The first kappa shape index (κ1) is 12.4. The number of nitrogens with zero attached hydrogens (tertiary/aromatic N) is 1. The molecule has 0 aliphatic rings. The molecule has 0 aliphatic heterocycles. The number of hydrogen-bond acceptors (Lipinski definition) is 2. The molecule has 0 bridgehead atoms. The largest absolute Gasteiger partial charge is 0.461 e. The van der Waals surface area contributed by atoms with Crippen LogP contribution in [0.4, 0.5) is 0 Å². The summed E-state index contributed by atoms with van der Waals surface area (Å²) in [5.74, 6) is 0.892. The number of hydrogen-bond donors (Lipinski definition) is 0. The van der Waals surface area contributed by atoms with Crippen LogP contribution in [-0.2, 0) is 0 Å². The summed E-state index contributed by atoms with van der Waals surface area (Å²) in [5, 5.41) is 1.10. The first-order valence-electron chi connectivity index (χ1n) is 6.57. The lowest BCUT2D eigenvalue weighted by atomic mass is 10.1. The zero-order valence-corrected chi connectivity index (χ0v) is 11.3. The van der Waals surface area contributed by atoms with Gasteiger partial charge in [-0.1, -0.05) is 48.5 Å². The van der Waals surface area contributed by atoms with Gasteiger partial charge in [0.05, 0.1) is 0 Å². The van der Waals surface area contributed by atoms with Crippen molar-refractivity contribution in [3.63, 3.8) is 0 Å². The van der Waals surface area contributed by atoms with Crippen LogP contribution < -0.4 is 0 Å². The van der Waals surface area contributed by atoms with Crippen LogP contribution in [0, 0.1) is 6.92 Å². The minimum Gasteiger partial charge on any atom is -0.461 e. The van der Waals surface area contributed by atoms with Gasteiger partial charge in [0.15, 0.2) is 0 Å². The molecule has 0 aliphatic carbocycles. The highest BCUT2D eigenvalue weighted by atomic mass is 16.3. The lowest BCUT2D eigenvalue weighted by Gasteiger charge is -1.90. The van der Waals surface area contributed by atoms with Gasteiger partial charge in [-0.2, -0.15) is 0 Å². The second-order valence-corrected chi connectivity index (χ2v) is 4.57. The monoisotopic (exact) mass is 263 g/mol. The van der Waals surface area contributed by atoms with Gasteiger partial charge in [-0.15, -0.1) is 0 Å². The number of rotatable bonds is 3. The van der Waals surface area contributed by atoms with E-state index in [0.29, 0.717) is 0 Å². The van der Waals surface area contributed by atoms with Crippen molar-refractivity contribution in [1.29, 1.82) is 0 Å². The predicted molar refractivity (Wildman–Crippen MR) is 86.1 cm³/mol. The van der Waals surface area contributed by atoms with Crippen molar-refractivity contribution in [1.82, 2.24) is 0 Å². The topological polar surface area (TPSA) is 25.5 Å². The summed E-state index contributed by atoms with van der Waals surface area (Å²) in [6.07, 6.45) is 5.63. The molecule has 1 aromatic heterocycles. The molecule has 0 fully saturated rings. The van der Waals surface area contributed by atoms with Crippen molar-refractivity contribution in [3.8, 4) is 0 Å². The van der Waals surface area contributed by atoms with Gasteiger partial charge in [0.1, 0.15) is 11.3 Å². The van der Waals surface area contributed by atoms with Crippen LogP contribution in [0.5, 0.6) is 0 Å². The number of furan rings is 1. The Kier molecular flexibility index (Phi) is 3.46. The smallest absolute Gasteiger partial charge is 0.134 e. The van der Waals surface area contributed by atoms with E-state index in [1.54, 1.807) is 6.20 Å². The number of fused-ring (bicyclic) bond motifs is 1. The average molecular weight is 263 g/mol. The van der Waals surface area contributed by atoms with E-state index in [0.717, 1.165) is 27.9 Å². The Bertz CT molecular complexity index is 772. The van der Waals surface area contributed by atoms with Gasteiger partial charge in [-0.25, -0.2) is 0 Å². The molecule has 2 aromatic carbocycles. The Balaban J connectivity index is 0.00000161. The molecule has 2 nitrogen and oxygen atoms in total. The summed E-state index contributed by atoms with van der Waals surface area (Å²) >= 11 is 0. The van der Waals surface area contributed by atoms with E-state index in [2.05, 4.69) is 4.99 Å². The van der Waals surface area contributed by atoms with E-state index in [9.17, 15) is 0 Å². The van der Waals surface area contributed by atoms with Crippen LogP contribution in [0.15, 0.2) is 70.2 Å². The van der Waals surface area contributed by atoms with E-state index in [-0.39, 0.29) is 1.43 Å². The maximum atomic E-state index is 5.70. The Hall–Kier alpha value is -2.61. The summed E-state index contributed by atoms with van der Waals surface area (Å²) < 4.78 is 5.70. The van der Waals surface area contributed by atoms with Gasteiger partial charge in [0.2, 0.25) is 0 Å². The summed E-state index contributed by atoms with van der Waals surface area (Å²) in [7, 11) is 0. The summed E-state index contributed by atoms with van der Waals surface area (Å²) in [4.78, 5) is 4.35. The zero-order valence-electron chi connectivity index (χ0n) is 11.3. The van der Waals surface area contributed by atoms with Gasteiger partial charge in [0, 0.05) is 24.8 Å². The Morgan fingerprint density at radius 2 is 1.75 bits per heavy atom. The number of aryl methyl sites for hydroxylation is 1. The van der Waals surface area contributed by atoms with E-state index in [1.165, 1.54) is 0 Å². The molecule has 100 valence electrons. The summed E-state index contributed by atoms with van der Waals surface area (Å²) in [6, 6.07) is 18.1. The fourth-order valence-electron chi connectivity index (χ4n) is 2.16. The van der Waals surface area contributed by atoms with Gasteiger partial charge < -0.3 is 4.42 Å². The van der Waals surface area contributed by atoms with Crippen molar-refractivity contribution in [2.45, 2.75) is 6.92 Å². The van der Waals surface area contributed by atoms with Crippen LogP contribution in [0.25, 0.3) is 17.0 Å². The molecule has 1 heterocycles. The summed E-state index contributed by atoms with van der Waals surface area (Å²) in [5.41, 5.74) is 3.08. The Morgan fingerprint density at radius 3 is 2.60 bits per heavy atom. The SMILES string of the molecule is Cc1oc2ccccc2c1C=NC=Cc1ccccc1.[HH]. The highest BCUT2D eigenvalue weighted by Gasteiger charge is 2.07. The minimum atomic E-state index is 0. The van der Waals surface area contributed by atoms with Crippen molar-refractivity contribution < 1.29 is 5.84 Å².